The minimum Gasteiger partial charge on any atom is -0.457 e. The van der Waals surface area contributed by atoms with Gasteiger partial charge in [0.25, 0.3) is 0 Å². The molecule has 4 rings (SSSR count). The van der Waals surface area contributed by atoms with E-state index in [-0.39, 0.29) is 28.7 Å². The number of methoxy groups -OCH3 is 1. The van der Waals surface area contributed by atoms with Gasteiger partial charge in [-0.3, -0.25) is 4.79 Å². The first-order valence-corrected chi connectivity index (χ1v) is 12.3. The molecule has 7 nitrogen and oxygen atoms in total. The topological polar surface area (TPSA) is 105 Å². The summed E-state index contributed by atoms with van der Waals surface area (Å²) < 4.78 is 50.8. The van der Waals surface area contributed by atoms with Crippen LogP contribution in [0.1, 0.15) is 25.7 Å². The Hall–Kier alpha value is -2.67. The molecule has 0 aliphatic heterocycles. The second kappa shape index (κ2) is 8.93. The van der Waals surface area contributed by atoms with Crippen molar-refractivity contribution in [2.24, 2.45) is 5.92 Å². The van der Waals surface area contributed by atoms with Gasteiger partial charge >= 0.3 is 0 Å². The Balaban J connectivity index is 1.51. The number of halogens is 2. The number of sulfone groups is 1. The standard InChI is InChI=1S/C23H22ClFN2O5S/c1-31-20-12-17(11-18(20)22(28)27-23(13-26)8-9-23)33(29,30)21-7-6-16(10-19(21)24)32-15-4-2-14(25)3-5-15/h2-7,10,17-18,20H,8-9,11-12H2,1H3,(H,27,28)/t17-,18-,20-/m1/s1. The Kier molecular flexibility index (Phi) is 6.36. The quantitative estimate of drug-likeness (QED) is 0.626. The molecule has 0 radical (unpaired) electrons. The summed E-state index contributed by atoms with van der Waals surface area (Å²) in [6.45, 7) is 0. The maximum absolute atomic E-state index is 13.3. The molecule has 0 heterocycles. The van der Waals surface area contributed by atoms with Gasteiger partial charge in [-0.15, -0.1) is 0 Å². The molecule has 0 aromatic heterocycles. The summed E-state index contributed by atoms with van der Waals surface area (Å²) in [6, 6.07) is 11.7. The smallest absolute Gasteiger partial charge is 0.227 e. The molecule has 174 valence electrons. The van der Waals surface area contributed by atoms with Crippen LogP contribution in [0.2, 0.25) is 5.02 Å². The van der Waals surface area contributed by atoms with Gasteiger partial charge in [-0.05, 0) is 62.1 Å². The van der Waals surface area contributed by atoms with Crippen LogP contribution in [-0.4, -0.2) is 38.3 Å². The lowest BCUT2D eigenvalue weighted by Crippen LogP contribution is -2.42. The lowest BCUT2D eigenvalue weighted by molar-refractivity contribution is -0.128. The second-order valence-electron chi connectivity index (χ2n) is 8.35. The Bertz CT molecular complexity index is 1210. The zero-order valence-corrected chi connectivity index (χ0v) is 19.3. The molecular weight excluding hydrogens is 471 g/mol. The van der Waals surface area contributed by atoms with Gasteiger partial charge in [0.05, 0.1) is 33.3 Å². The molecule has 2 aromatic rings. The second-order valence-corrected chi connectivity index (χ2v) is 11.0. The molecule has 2 aromatic carbocycles. The average Bonchev–Trinajstić information content (AvgIpc) is 3.40. The summed E-state index contributed by atoms with van der Waals surface area (Å²) in [6.07, 6.45) is 0.796. The summed E-state index contributed by atoms with van der Waals surface area (Å²) in [5.74, 6) is -0.774. The van der Waals surface area contributed by atoms with Gasteiger partial charge in [0.15, 0.2) is 9.84 Å². The monoisotopic (exact) mass is 492 g/mol. The summed E-state index contributed by atoms with van der Waals surface area (Å²) in [7, 11) is -2.43. The number of carbonyl (C=O) groups excluding carboxylic acids is 1. The molecule has 0 unspecified atom stereocenters. The van der Waals surface area contributed by atoms with Crippen LogP contribution in [0.25, 0.3) is 0 Å². The fourth-order valence-corrected chi connectivity index (χ4v) is 6.40. The first-order chi connectivity index (χ1) is 15.7. The predicted molar refractivity (Wildman–Crippen MR) is 118 cm³/mol. The van der Waals surface area contributed by atoms with Gasteiger partial charge < -0.3 is 14.8 Å². The van der Waals surface area contributed by atoms with E-state index >= 15 is 0 Å². The molecule has 3 atom stereocenters. The molecule has 2 aliphatic rings. The van der Waals surface area contributed by atoms with E-state index in [0.717, 1.165) is 0 Å². The van der Waals surface area contributed by atoms with Crippen LogP contribution in [0.3, 0.4) is 0 Å². The molecular formula is C23H22ClFN2O5S. The van der Waals surface area contributed by atoms with E-state index in [1.807, 2.05) is 0 Å². The molecule has 2 fully saturated rings. The van der Waals surface area contributed by atoms with Gasteiger partial charge in [-0.1, -0.05) is 11.6 Å². The SMILES string of the molecule is CO[C@@H]1C[C@H](S(=O)(=O)c2ccc(Oc3ccc(F)cc3)cc2Cl)C[C@H]1C(=O)NC1(C#N)CC1. The van der Waals surface area contributed by atoms with E-state index in [1.54, 1.807) is 0 Å². The number of carbonyl (C=O) groups is 1. The third-order valence-corrected chi connectivity index (χ3v) is 8.78. The van der Waals surface area contributed by atoms with Crippen molar-refractivity contribution in [2.45, 2.75) is 47.5 Å². The first kappa shape index (κ1) is 23.5. The van der Waals surface area contributed by atoms with Gasteiger partial charge in [-0.2, -0.15) is 5.26 Å². The molecule has 0 saturated heterocycles. The van der Waals surface area contributed by atoms with Crippen molar-refractivity contribution in [2.75, 3.05) is 7.11 Å². The maximum atomic E-state index is 13.3. The number of hydrogen-bond donors (Lipinski definition) is 1. The van der Waals surface area contributed by atoms with E-state index in [2.05, 4.69) is 11.4 Å². The van der Waals surface area contributed by atoms with Gasteiger partial charge in [0, 0.05) is 13.2 Å². The van der Waals surface area contributed by atoms with Crippen molar-refractivity contribution >= 4 is 27.3 Å². The summed E-state index contributed by atoms with van der Waals surface area (Å²) in [5, 5.41) is 11.1. The van der Waals surface area contributed by atoms with Crippen molar-refractivity contribution in [3.63, 3.8) is 0 Å². The largest absolute Gasteiger partial charge is 0.457 e. The lowest BCUT2D eigenvalue weighted by atomic mass is 10.0. The molecule has 1 amide bonds. The number of rotatable bonds is 7. The number of benzene rings is 2. The highest BCUT2D eigenvalue weighted by Crippen LogP contribution is 2.40. The number of nitrogens with one attached hydrogen (secondary N) is 1. The van der Waals surface area contributed by atoms with Crippen LogP contribution in [0.4, 0.5) is 4.39 Å². The Morgan fingerprint density at radius 1 is 1.18 bits per heavy atom. The predicted octanol–water partition coefficient (Wildman–Crippen LogP) is 4.01. The molecule has 2 aliphatic carbocycles. The summed E-state index contributed by atoms with van der Waals surface area (Å²) in [5.41, 5.74) is -0.837. The van der Waals surface area contributed by atoms with Crippen molar-refractivity contribution < 1.29 is 27.1 Å². The highest BCUT2D eigenvalue weighted by Gasteiger charge is 2.50. The Morgan fingerprint density at radius 2 is 1.85 bits per heavy atom. The van der Waals surface area contributed by atoms with Crippen molar-refractivity contribution in [1.29, 1.82) is 5.26 Å². The van der Waals surface area contributed by atoms with Crippen LogP contribution in [0.15, 0.2) is 47.4 Å². The van der Waals surface area contributed by atoms with Gasteiger partial charge in [0.1, 0.15) is 22.9 Å². The molecule has 10 heteroatoms. The van der Waals surface area contributed by atoms with Gasteiger partial charge in [-0.25, -0.2) is 12.8 Å². The van der Waals surface area contributed by atoms with E-state index in [1.165, 1.54) is 49.6 Å². The number of nitrogens with zero attached hydrogens (tertiary/aromatic N) is 1. The molecule has 2 saturated carbocycles. The minimum absolute atomic E-state index is 0.0158. The normalized spacial score (nSPS) is 23.5. The van der Waals surface area contributed by atoms with E-state index in [9.17, 15) is 22.9 Å². The molecule has 0 spiro atoms. The zero-order chi connectivity index (χ0) is 23.8. The number of ether oxygens (including phenoxy) is 2. The number of hydrogen-bond acceptors (Lipinski definition) is 6. The Labute approximate surface area is 196 Å². The third kappa shape index (κ3) is 4.83. The van der Waals surface area contributed by atoms with Crippen LogP contribution in [0.5, 0.6) is 11.5 Å². The van der Waals surface area contributed by atoms with Crippen molar-refractivity contribution in [3.05, 3.63) is 53.3 Å². The van der Waals surface area contributed by atoms with Crippen LogP contribution in [0, 0.1) is 23.1 Å². The molecule has 0 bridgehead atoms. The van der Waals surface area contributed by atoms with Gasteiger partial charge in [0.2, 0.25) is 5.91 Å². The first-order valence-electron chi connectivity index (χ1n) is 10.4. The highest BCUT2D eigenvalue weighted by molar-refractivity contribution is 7.92. The van der Waals surface area contributed by atoms with Crippen LogP contribution in [-0.2, 0) is 19.4 Å². The van der Waals surface area contributed by atoms with Crippen LogP contribution < -0.4 is 10.1 Å². The lowest BCUT2D eigenvalue weighted by Gasteiger charge is -2.19. The fraction of sp³-hybridized carbons (Fsp3) is 0.391. The number of nitriles is 1. The third-order valence-electron chi connectivity index (χ3n) is 6.12. The molecule has 33 heavy (non-hydrogen) atoms. The van der Waals surface area contributed by atoms with E-state index in [4.69, 9.17) is 21.1 Å². The molecule has 1 N–H and O–H groups in total. The minimum atomic E-state index is -3.87. The van der Waals surface area contributed by atoms with E-state index < -0.39 is 38.5 Å². The summed E-state index contributed by atoms with van der Waals surface area (Å²) in [4.78, 5) is 12.7. The highest BCUT2D eigenvalue weighted by atomic mass is 35.5. The summed E-state index contributed by atoms with van der Waals surface area (Å²) >= 11 is 6.30. The van der Waals surface area contributed by atoms with Crippen molar-refractivity contribution in [3.8, 4) is 17.6 Å². The van der Waals surface area contributed by atoms with Crippen molar-refractivity contribution in [1.82, 2.24) is 5.32 Å². The number of amides is 1. The van der Waals surface area contributed by atoms with E-state index in [0.29, 0.717) is 24.3 Å². The Morgan fingerprint density at radius 3 is 2.42 bits per heavy atom. The maximum Gasteiger partial charge on any atom is 0.227 e. The fourth-order valence-electron chi connectivity index (χ4n) is 4.06. The van der Waals surface area contributed by atoms with Crippen LogP contribution >= 0.6 is 11.6 Å². The average molecular weight is 493 g/mol. The zero-order valence-electron chi connectivity index (χ0n) is 17.8.